The second-order valence-corrected chi connectivity index (χ2v) is 8.31. The summed E-state index contributed by atoms with van der Waals surface area (Å²) in [6, 6.07) is 1.50. The van der Waals surface area contributed by atoms with Gasteiger partial charge in [-0.3, -0.25) is 4.79 Å². The highest BCUT2D eigenvalue weighted by molar-refractivity contribution is 8.01. The molecule has 160 valence electrons. The maximum absolute atomic E-state index is 11.8. The number of nitrogens with two attached hydrogens (primary N) is 1. The molecule has 2 aliphatic heterocycles. The average Bonchev–Trinajstić information content (AvgIpc) is 3.14. The molecule has 4 N–H and O–H groups in total. The van der Waals surface area contributed by atoms with Crippen LogP contribution in [0, 0.1) is 6.92 Å². The molecule has 0 aromatic carbocycles. The van der Waals surface area contributed by atoms with Crippen molar-refractivity contribution in [3.63, 3.8) is 0 Å². The molecule has 14 heteroatoms. The molecule has 1 amide bonds. The lowest BCUT2D eigenvalue weighted by atomic mass is 10.1. The first-order valence-electron chi connectivity index (χ1n) is 8.47. The molecular formula is C16H18N6O6S2. The van der Waals surface area contributed by atoms with Gasteiger partial charge < -0.3 is 25.6 Å². The lowest BCUT2D eigenvalue weighted by molar-refractivity contribution is -0.140. The highest BCUT2D eigenvalue weighted by Crippen LogP contribution is 2.36. The van der Waals surface area contributed by atoms with Gasteiger partial charge in [0.15, 0.2) is 0 Å². The minimum absolute atomic E-state index is 0.0251. The Morgan fingerprint density at radius 2 is 2.10 bits per heavy atom. The van der Waals surface area contributed by atoms with Gasteiger partial charge in [-0.25, -0.2) is 14.6 Å². The summed E-state index contributed by atoms with van der Waals surface area (Å²) in [5.74, 6) is 1.20. The topological polar surface area (TPSA) is 173 Å². The molecule has 0 saturated carbocycles. The van der Waals surface area contributed by atoms with Crippen LogP contribution >= 0.6 is 23.5 Å². The molecule has 2 atom stereocenters. The van der Waals surface area contributed by atoms with Crippen LogP contribution in [-0.2, 0) is 9.53 Å². The fraction of sp³-hybridized carbons (Fsp3) is 0.375. The SMILES string of the molecule is COC(=O)c1nc2nc(C)cc(SCC3=CN4C(=O)[C@@H](N)[C@H]4SC3)n2n1.O=C(O)O. The molecule has 0 unspecified atom stereocenters. The van der Waals surface area contributed by atoms with Crippen LogP contribution in [0.1, 0.15) is 16.3 Å². The maximum atomic E-state index is 11.8. The number of hydrogen-bond donors (Lipinski definition) is 3. The van der Waals surface area contributed by atoms with Crippen molar-refractivity contribution in [1.29, 1.82) is 0 Å². The number of ether oxygens (including phenoxy) is 1. The number of carbonyl (C=O) groups excluding carboxylic acids is 2. The molecule has 0 bridgehead atoms. The smallest absolute Gasteiger partial charge is 0.463 e. The highest BCUT2D eigenvalue weighted by atomic mass is 32.2. The number of amides is 1. The highest BCUT2D eigenvalue weighted by Gasteiger charge is 2.46. The molecule has 30 heavy (non-hydrogen) atoms. The van der Waals surface area contributed by atoms with E-state index in [1.807, 2.05) is 19.2 Å². The number of β-lactam (4-membered cyclic amide) rings is 1. The van der Waals surface area contributed by atoms with Gasteiger partial charge in [-0.05, 0) is 18.6 Å². The molecule has 4 heterocycles. The number of thioether (sulfide) groups is 2. The van der Waals surface area contributed by atoms with Gasteiger partial charge in [0.2, 0.25) is 5.91 Å². The molecule has 0 spiro atoms. The zero-order chi connectivity index (χ0) is 22.0. The van der Waals surface area contributed by atoms with Crippen molar-refractivity contribution in [2.24, 2.45) is 5.73 Å². The maximum Gasteiger partial charge on any atom is 0.503 e. The first-order chi connectivity index (χ1) is 14.2. The Balaban J connectivity index is 0.000000589. The van der Waals surface area contributed by atoms with Crippen LogP contribution in [0.2, 0.25) is 0 Å². The van der Waals surface area contributed by atoms with Crippen LogP contribution in [0.15, 0.2) is 22.9 Å². The number of carboxylic acid groups (broad SMARTS) is 2. The van der Waals surface area contributed by atoms with Gasteiger partial charge in [0, 0.05) is 23.4 Å². The van der Waals surface area contributed by atoms with Crippen molar-refractivity contribution in [3.8, 4) is 0 Å². The van der Waals surface area contributed by atoms with Crippen LogP contribution in [-0.4, -0.2) is 82.8 Å². The van der Waals surface area contributed by atoms with Gasteiger partial charge in [-0.1, -0.05) is 0 Å². The lowest BCUT2D eigenvalue weighted by Crippen LogP contribution is -2.66. The van der Waals surface area contributed by atoms with Gasteiger partial charge in [-0.15, -0.1) is 28.6 Å². The fourth-order valence-electron chi connectivity index (χ4n) is 2.74. The molecule has 0 aliphatic carbocycles. The van der Waals surface area contributed by atoms with Gasteiger partial charge in [-0.2, -0.15) is 9.50 Å². The first-order valence-corrected chi connectivity index (χ1v) is 10.5. The molecule has 2 aliphatic rings. The van der Waals surface area contributed by atoms with Crippen molar-refractivity contribution >= 4 is 47.3 Å². The number of carbonyl (C=O) groups is 3. The normalized spacial score (nSPS) is 19.9. The Labute approximate surface area is 178 Å². The van der Waals surface area contributed by atoms with Crippen LogP contribution in [0.4, 0.5) is 4.79 Å². The first kappa shape index (κ1) is 21.9. The summed E-state index contributed by atoms with van der Waals surface area (Å²) in [5.41, 5.74) is 7.70. The second-order valence-electron chi connectivity index (χ2n) is 6.21. The van der Waals surface area contributed by atoms with E-state index in [1.54, 1.807) is 28.4 Å². The summed E-state index contributed by atoms with van der Waals surface area (Å²) in [6.07, 6.45) is 0.0618. The standard InChI is InChI=1S/C15H16N6O3S2.CH2O3/c1-7-3-9(21-15(17-7)18-11(19-21)14(23)24-2)25-5-8-4-20-12(22)10(16)13(20)26-6-8;2-1(3)4/h3-4,10,13H,5-6,16H2,1-2H3;(H2,2,3,4)/t10-,13-;/m1./s1. The summed E-state index contributed by atoms with van der Waals surface area (Å²) >= 11 is 3.23. The van der Waals surface area contributed by atoms with Crippen molar-refractivity contribution in [3.05, 3.63) is 29.4 Å². The quantitative estimate of drug-likeness (QED) is 0.255. The Morgan fingerprint density at radius 3 is 2.77 bits per heavy atom. The molecular weight excluding hydrogens is 436 g/mol. The van der Waals surface area contributed by atoms with Crippen LogP contribution in [0.25, 0.3) is 5.78 Å². The van der Waals surface area contributed by atoms with E-state index in [1.165, 1.54) is 11.6 Å². The van der Waals surface area contributed by atoms with Crippen molar-refractivity contribution in [2.45, 2.75) is 23.4 Å². The number of rotatable bonds is 4. The molecule has 2 aromatic heterocycles. The largest absolute Gasteiger partial charge is 0.503 e. The number of esters is 1. The average molecular weight is 454 g/mol. The monoisotopic (exact) mass is 454 g/mol. The van der Waals surface area contributed by atoms with Gasteiger partial charge in [0.1, 0.15) is 16.4 Å². The number of hydrogen-bond acceptors (Lipinski definition) is 10. The summed E-state index contributed by atoms with van der Waals surface area (Å²) in [4.78, 5) is 42.1. The van der Waals surface area contributed by atoms with Crippen molar-refractivity contribution < 1.29 is 29.3 Å². The summed E-state index contributed by atoms with van der Waals surface area (Å²) < 4.78 is 6.20. The van der Waals surface area contributed by atoms with Gasteiger partial charge in [0.25, 0.3) is 11.6 Å². The van der Waals surface area contributed by atoms with E-state index < -0.39 is 12.1 Å². The Kier molecular flexibility index (Phi) is 6.48. The van der Waals surface area contributed by atoms with Crippen LogP contribution in [0.5, 0.6) is 0 Å². The number of methoxy groups -OCH3 is 1. The van der Waals surface area contributed by atoms with Crippen LogP contribution < -0.4 is 5.73 Å². The summed E-state index contributed by atoms with van der Waals surface area (Å²) in [5, 5.41) is 19.0. The van der Waals surface area contributed by atoms with Crippen molar-refractivity contribution in [1.82, 2.24) is 24.5 Å². The van der Waals surface area contributed by atoms with Gasteiger partial charge >= 0.3 is 12.1 Å². The van der Waals surface area contributed by atoms with Crippen LogP contribution in [0.3, 0.4) is 0 Å². The molecule has 1 fully saturated rings. The molecule has 1 saturated heterocycles. The lowest BCUT2D eigenvalue weighted by Gasteiger charge is -2.45. The molecule has 12 nitrogen and oxygen atoms in total. The number of aromatic nitrogens is 4. The van der Waals surface area contributed by atoms with E-state index in [-0.39, 0.29) is 23.1 Å². The Morgan fingerprint density at radius 1 is 1.40 bits per heavy atom. The fourth-order valence-corrected chi connectivity index (χ4v) is 5.09. The Hall–Kier alpha value is -2.84. The number of fused-ring (bicyclic) bond motifs is 2. The predicted octanol–water partition coefficient (Wildman–Crippen LogP) is 0.660. The van der Waals surface area contributed by atoms with Gasteiger partial charge in [0.05, 0.1) is 7.11 Å². The molecule has 2 aromatic rings. The van der Waals surface area contributed by atoms with E-state index in [2.05, 4.69) is 19.8 Å². The Bertz CT molecular complexity index is 1040. The van der Waals surface area contributed by atoms with E-state index in [0.717, 1.165) is 22.0 Å². The predicted molar refractivity (Wildman–Crippen MR) is 107 cm³/mol. The zero-order valence-corrected chi connectivity index (χ0v) is 17.5. The third-order valence-electron chi connectivity index (χ3n) is 4.06. The number of nitrogens with zero attached hydrogens (tertiary/aromatic N) is 5. The summed E-state index contributed by atoms with van der Waals surface area (Å²) in [6.45, 7) is 1.86. The van der Waals surface area contributed by atoms with E-state index >= 15 is 0 Å². The zero-order valence-electron chi connectivity index (χ0n) is 15.9. The van der Waals surface area contributed by atoms with Crippen molar-refractivity contribution in [2.75, 3.05) is 18.6 Å². The van der Waals surface area contributed by atoms with E-state index in [4.69, 9.17) is 20.7 Å². The number of aryl methyl sites for hydroxylation is 1. The third kappa shape index (κ3) is 4.49. The third-order valence-corrected chi connectivity index (χ3v) is 6.56. The minimum atomic E-state index is -1.83. The minimum Gasteiger partial charge on any atom is -0.463 e. The molecule has 0 radical (unpaired) electrons. The van der Waals surface area contributed by atoms with E-state index in [9.17, 15) is 9.59 Å². The second kappa shape index (κ2) is 8.89. The van der Waals surface area contributed by atoms with E-state index in [0.29, 0.717) is 11.5 Å². The summed E-state index contributed by atoms with van der Waals surface area (Å²) in [7, 11) is 1.28. The molecule has 4 rings (SSSR count).